The number of pyridine rings is 1. The summed E-state index contributed by atoms with van der Waals surface area (Å²) in [6.45, 7) is 6.73. The molecule has 0 N–H and O–H groups in total. The van der Waals surface area contributed by atoms with E-state index in [1.54, 1.807) is 27.7 Å². The quantitative estimate of drug-likeness (QED) is 0.372. The van der Waals surface area contributed by atoms with Crippen LogP contribution in [0.25, 0.3) is 0 Å². The van der Waals surface area contributed by atoms with Crippen molar-refractivity contribution < 1.29 is 37.2 Å². The van der Waals surface area contributed by atoms with E-state index in [0.717, 1.165) is 0 Å². The number of esters is 1. The molecule has 1 aliphatic rings. The zero-order valence-electron chi connectivity index (χ0n) is 18.1. The Kier molecular flexibility index (Phi) is 7.52. The Morgan fingerprint density at radius 1 is 1.28 bits per heavy atom. The zero-order chi connectivity index (χ0) is 24.3. The molecule has 2 heterocycles. The van der Waals surface area contributed by atoms with Crippen molar-refractivity contribution in [3.8, 4) is 0 Å². The van der Waals surface area contributed by atoms with Gasteiger partial charge in [0.25, 0.3) is 0 Å². The van der Waals surface area contributed by atoms with Crippen LogP contribution in [0.4, 0.5) is 29.5 Å². The van der Waals surface area contributed by atoms with Gasteiger partial charge in [-0.1, -0.05) is 0 Å². The van der Waals surface area contributed by atoms with Crippen LogP contribution >= 0.6 is 0 Å². The highest BCUT2D eigenvalue weighted by atomic mass is 19.4. The lowest BCUT2D eigenvalue weighted by Crippen LogP contribution is -2.57. The van der Waals surface area contributed by atoms with Gasteiger partial charge in [0.2, 0.25) is 5.82 Å². The molecule has 1 aromatic rings. The van der Waals surface area contributed by atoms with E-state index in [1.165, 1.54) is 9.80 Å². The molecule has 1 amide bonds. The summed E-state index contributed by atoms with van der Waals surface area (Å²) < 4.78 is 49.2. The highest BCUT2D eigenvalue weighted by Gasteiger charge is 2.39. The molecule has 0 aliphatic carbocycles. The summed E-state index contributed by atoms with van der Waals surface area (Å²) in [4.78, 5) is 41.5. The van der Waals surface area contributed by atoms with E-state index in [9.17, 15) is 32.9 Å². The molecule has 0 aromatic carbocycles. The number of halogens is 3. The summed E-state index contributed by atoms with van der Waals surface area (Å²) in [7, 11) is 0. The van der Waals surface area contributed by atoms with Crippen LogP contribution in [0.1, 0.15) is 39.7 Å². The SMILES string of the molecule is CCOC(=O)CC1CN(c2ncc(C(F)(F)F)cc2[N+](=O)[O-])CCN1C(=O)OC(C)(C)C. The van der Waals surface area contributed by atoms with Crippen LogP contribution in [0.3, 0.4) is 0 Å². The predicted molar refractivity (Wildman–Crippen MR) is 106 cm³/mol. The Morgan fingerprint density at radius 3 is 2.47 bits per heavy atom. The predicted octanol–water partition coefficient (Wildman–Crippen LogP) is 3.39. The number of amides is 1. The Balaban J connectivity index is 2.35. The van der Waals surface area contributed by atoms with Crippen LogP contribution in [0.2, 0.25) is 0 Å². The maximum absolute atomic E-state index is 13.0. The topological polar surface area (TPSA) is 115 Å². The highest BCUT2D eigenvalue weighted by Crippen LogP contribution is 2.35. The summed E-state index contributed by atoms with van der Waals surface area (Å²) in [5.74, 6) is -0.872. The van der Waals surface area contributed by atoms with Crippen LogP contribution in [-0.4, -0.2) is 64.8 Å². The third-order valence-corrected chi connectivity index (χ3v) is 4.49. The van der Waals surface area contributed by atoms with Gasteiger partial charge < -0.3 is 19.3 Å². The fourth-order valence-corrected chi connectivity index (χ4v) is 3.17. The number of rotatable bonds is 5. The smallest absolute Gasteiger partial charge is 0.418 e. The van der Waals surface area contributed by atoms with E-state index in [1.807, 2.05) is 0 Å². The average molecular weight is 462 g/mol. The number of hydrogen-bond acceptors (Lipinski definition) is 8. The van der Waals surface area contributed by atoms with Gasteiger partial charge >= 0.3 is 23.9 Å². The van der Waals surface area contributed by atoms with Gasteiger partial charge in [-0.15, -0.1) is 0 Å². The fraction of sp³-hybridized carbons (Fsp3) is 0.632. The average Bonchev–Trinajstić information content (AvgIpc) is 2.65. The van der Waals surface area contributed by atoms with Crippen molar-refractivity contribution in [2.45, 2.75) is 51.9 Å². The maximum Gasteiger partial charge on any atom is 0.418 e. The van der Waals surface area contributed by atoms with Crippen LogP contribution in [-0.2, 0) is 20.4 Å². The van der Waals surface area contributed by atoms with Crippen LogP contribution < -0.4 is 4.90 Å². The Hall–Kier alpha value is -3.12. The summed E-state index contributed by atoms with van der Waals surface area (Å²) in [6.07, 6.45) is -5.18. The molecule has 0 bridgehead atoms. The summed E-state index contributed by atoms with van der Waals surface area (Å²) >= 11 is 0. The molecule has 1 fully saturated rings. The zero-order valence-corrected chi connectivity index (χ0v) is 18.1. The molecule has 2 rings (SSSR count). The number of carbonyl (C=O) groups excluding carboxylic acids is 2. The second kappa shape index (κ2) is 9.57. The first-order chi connectivity index (χ1) is 14.7. The van der Waals surface area contributed by atoms with Gasteiger partial charge in [0.1, 0.15) is 5.60 Å². The molecular formula is C19H25F3N4O6. The van der Waals surface area contributed by atoms with Crippen LogP contribution in [0, 0.1) is 10.1 Å². The largest absolute Gasteiger partial charge is 0.466 e. The lowest BCUT2D eigenvalue weighted by atomic mass is 10.1. The second-order valence-electron chi connectivity index (χ2n) is 8.10. The Labute approximate surface area is 182 Å². The van der Waals surface area contributed by atoms with E-state index >= 15 is 0 Å². The molecule has 1 aliphatic heterocycles. The maximum atomic E-state index is 13.0. The minimum Gasteiger partial charge on any atom is -0.466 e. The first-order valence-corrected chi connectivity index (χ1v) is 9.84. The lowest BCUT2D eigenvalue weighted by Gasteiger charge is -2.41. The standard InChI is InChI=1S/C19H25F3N4O6/c1-5-31-15(27)9-13-11-24(6-7-25(13)17(28)32-18(2,3)4)16-14(26(29)30)8-12(10-23-16)19(20,21)22/h8,10,13H,5-7,9,11H2,1-4H3. The van der Waals surface area contributed by atoms with Crippen molar-refractivity contribution in [2.75, 3.05) is 31.1 Å². The number of piperazine rings is 1. The number of ether oxygens (including phenoxy) is 2. The van der Waals surface area contributed by atoms with E-state index < -0.39 is 46.1 Å². The van der Waals surface area contributed by atoms with Crippen molar-refractivity contribution in [1.82, 2.24) is 9.88 Å². The van der Waals surface area contributed by atoms with Gasteiger partial charge in [0.05, 0.1) is 29.6 Å². The number of nitrogens with zero attached hydrogens (tertiary/aromatic N) is 4. The molecule has 178 valence electrons. The lowest BCUT2D eigenvalue weighted by molar-refractivity contribution is -0.384. The van der Waals surface area contributed by atoms with Gasteiger partial charge in [-0.3, -0.25) is 14.9 Å². The highest BCUT2D eigenvalue weighted by molar-refractivity contribution is 5.74. The molecular weight excluding hydrogens is 437 g/mol. The molecule has 10 nitrogen and oxygen atoms in total. The number of anilines is 1. The van der Waals surface area contributed by atoms with Crippen molar-refractivity contribution >= 4 is 23.6 Å². The Bertz CT molecular complexity index is 872. The molecule has 1 aromatic heterocycles. The van der Waals surface area contributed by atoms with Crippen LogP contribution in [0.15, 0.2) is 12.3 Å². The molecule has 0 spiro atoms. The fourth-order valence-electron chi connectivity index (χ4n) is 3.17. The summed E-state index contributed by atoms with van der Waals surface area (Å²) in [6, 6.07) is -0.371. The van der Waals surface area contributed by atoms with Gasteiger partial charge in [-0.2, -0.15) is 13.2 Å². The minimum absolute atomic E-state index is 0.0127. The number of aromatic nitrogens is 1. The van der Waals surface area contributed by atoms with Crippen molar-refractivity contribution in [3.63, 3.8) is 0 Å². The molecule has 1 saturated heterocycles. The third-order valence-electron chi connectivity index (χ3n) is 4.49. The second-order valence-corrected chi connectivity index (χ2v) is 8.10. The normalized spacial score (nSPS) is 17.2. The number of nitro groups is 1. The van der Waals surface area contributed by atoms with E-state index in [0.29, 0.717) is 12.3 Å². The van der Waals surface area contributed by atoms with Crippen LogP contribution in [0.5, 0.6) is 0 Å². The number of carbonyl (C=O) groups is 2. The van der Waals surface area contributed by atoms with Crippen molar-refractivity contribution in [1.29, 1.82) is 0 Å². The molecule has 1 unspecified atom stereocenters. The monoisotopic (exact) mass is 462 g/mol. The number of alkyl halides is 3. The van der Waals surface area contributed by atoms with E-state index in [2.05, 4.69) is 4.98 Å². The molecule has 13 heteroatoms. The Morgan fingerprint density at radius 2 is 1.94 bits per heavy atom. The minimum atomic E-state index is -4.79. The third kappa shape index (κ3) is 6.44. The van der Waals surface area contributed by atoms with Gasteiger partial charge in [-0.05, 0) is 27.7 Å². The summed E-state index contributed by atoms with van der Waals surface area (Å²) in [5.41, 5.74) is -2.86. The van der Waals surface area contributed by atoms with E-state index in [4.69, 9.17) is 9.47 Å². The molecule has 0 saturated carbocycles. The van der Waals surface area contributed by atoms with E-state index in [-0.39, 0.29) is 38.5 Å². The van der Waals surface area contributed by atoms with Crippen molar-refractivity contribution in [3.05, 3.63) is 27.9 Å². The van der Waals surface area contributed by atoms with Crippen molar-refractivity contribution in [2.24, 2.45) is 0 Å². The molecule has 0 radical (unpaired) electrons. The first-order valence-electron chi connectivity index (χ1n) is 9.84. The molecule has 1 atom stereocenters. The first kappa shape index (κ1) is 25.1. The molecule has 32 heavy (non-hydrogen) atoms. The van der Waals surface area contributed by atoms with Gasteiger partial charge in [-0.25, -0.2) is 9.78 Å². The number of hydrogen-bond donors (Lipinski definition) is 0. The summed E-state index contributed by atoms with van der Waals surface area (Å²) in [5, 5.41) is 11.4. The van der Waals surface area contributed by atoms with Gasteiger partial charge in [0.15, 0.2) is 0 Å². The van der Waals surface area contributed by atoms with Gasteiger partial charge in [0, 0.05) is 31.9 Å².